The average molecular weight is 341 g/mol. The lowest BCUT2D eigenvalue weighted by molar-refractivity contribution is -0.307. The zero-order chi connectivity index (χ0) is 16.8. The third-order valence-corrected chi connectivity index (χ3v) is 3.65. The summed E-state index contributed by atoms with van der Waals surface area (Å²) in [5.74, 6) is -3.68. The summed E-state index contributed by atoms with van der Waals surface area (Å²) in [6.45, 7) is 6.05. The number of hydrogen-bond acceptors (Lipinski definition) is 8. The normalized spacial score (nSPS) is 35.4. The van der Waals surface area contributed by atoms with Gasteiger partial charge < -0.3 is 24.1 Å². The van der Waals surface area contributed by atoms with Crippen molar-refractivity contribution in [3.63, 3.8) is 0 Å². The molecule has 2 aliphatic heterocycles. The summed E-state index contributed by atoms with van der Waals surface area (Å²) in [6, 6.07) is 0. The molecule has 130 valence electrons. The Kier molecular flexibility index (Phi) is 4.62. The molecule has 0 aromatic heterocycles. The lowest BCUT2D eigenvalue weighted by atomic mass is 10.0. The Labute approximate surface area is 129 Å². The second-order valence-electron chi connectivity index (χ2n) is 6.41. The molecule has 2 fully saturated rings. The number of ether oxygens (including phenoxy) is 4. The van der Waals surface area contributed by atoms with Crippen molar-refractivity contribution in [2.75, 3.05) is 13.2 Å². The zero-order valence-corrected chi connectivity index (χ0v) is 13.9. The van der Waals surface area contributed by atoms with Crippen molar-refractivity contribution in [2.45, 2.75) is 63.7 Å². The van der Waals surface area contributed by atoms with Crippen LogP contribution in [0.4, 0.5) is 0 Å². The van der Waals surface area contributed by atoms with E-state index in [1.165, 1.54) is 13.8 Å². The summed E-state index contributed by atoms with van der Waals surface area (Å²) in [7, 11) is -4.13. The second kappa shape index (κ2) is 5.64. The van der Waals surface area contributed by atoms with E-state index in [9.17, 15) is 13.5 Å². The molecule has 2 aliphatic rings. The third-order valence-electron chi connectivity index (χ3n) is 3.21. The Balaban J connectivity index is 2.11. The van der Waals surface area contributed by atoms with Gasteiger partial charge in [0.2, 0.25) is 5.79 Å². The molecule has 3 N–H and O–H groups in total. The zero-order valence-electron chi connectivity index (χ0n) is 13.1. The first kappa shape index (κ1) is 18.0. The van der Waals surface area contributed by atoms with Crippen molar-refractivity contribution in [3.8, 4) is 0 Å². The number of aliphatic hydroxyl groups is 1. The first-order chi connectivity index (χ1) is 9.80. The van der Waals surface area contributed by atoms with Crippen LogP contribution < -0.4 is 5.14 Å². The molecule has 2 saturated heterocycles. The monoisotopic (exact) mass is 341 g/mol. The van der Waals surface area contributed by atoms with E-state index in [1.807, 2.05) is 0 Å². The molecule has 0 bridgehead atoms. The Morgan fingerprint density at radius 1 is 1.41 bits per heavy atom. The lowest BCUT2D eigenvalue weighted by Gasteiger charge is -2.40. The van der Waals surface area contributed by atoms with Crippen molar-refractivity contribution in [1.29, 1.82) is 0 Å². The molecule has 10 heteroatoms. The minimum Gasteiger partial charge on any atom is -0.366 e. The van der Waals surface area contributed by atoms with E-state index in [2.05, 4.69) is 4.18 Å². The number of nitrogens with two attached hydrogens (primary N) is 1. The molecule has 0 aromatic rings. The fourth-order valence-corrected chi connectivity index (χ4v) is 2.98. The first-order valence-corrected chi connectivity index (χ1v) is 8.37. The molecule has 2 heterocycles. The summed E-state index contributed by atoms with van der Waals surface area (Å²) >= 11 is 0. The fourth-order valence-electron chi connectivity index (χ4n) is 2.65. The van der Waals surface area contributed by atoms with Gasteiger partial charge in [-0.05, 0) is 27.7 Å². The molecule has 0 aromatic carbocycles. The van der Waals surface area contributed by atoms with E-state index in [-0.39, 0.29) is 6.61 Å². The summed E-state index contributed by atoms with van der Waals surface area (Å²) in [5, 5.41) is 14.6. The largest absolute Gasteiger partial charge is 0.366 e. The molecule has 0 radical (unpaired) electrons. The molecule has 2 rings (SSSR count). The van der Waals surface area contributed by atoms with Gasteiger partial charge in [-0.15, -0.1) is 0 Å². The molecular weight excluding hydrogens is 318 g/mol. The van der Waals surface area contributed by atoms with Crippen LogP contribution in [-0.4, -0.2) is 56.3 Å². The molecule has 0 saturated carbocycles. The SMILES string of the molecule is CC(C)(O)O[C@@H]1CO[C@@]2(COS(N)(=O)=O)OC(C)(C)OC2C1. The van der Waals surface area contributed by atoms with Crippen LogP contribution in [0.1, 0.15) is 34.1 Å². The van der Waals surface area contributed by atoms with Gasteiger partial charge in [-0.3, -0.25) is 4.18 Å². The van der Waals surface area contributed by atoms with Crippen LogP contribution in [0.3, 0.4) is 0 Å². The summed E-state index contributed by atoms with van der Waals surface area (Å²) in [5.41, 5.74) is 0. The van der Waals surface area contributed by atoms with Crippen molar-refractivity contribution >= 4 is 10.3 Å². The molecular formula is C12H23NO8S. The van der Waals surface area contributed by atoms with Gasteiger partial charge in [0.25, 0.3) is 0 Å². The lowest BCUT2D eigenvalue weighted by Crippen LogP contribution is -2.55. The predicted octanol–water partition coefficient (Wildman–Crippen LogP) is -0.412. The highest BCUT2D eigenvalue weighted by atomic mass is 32.2. The number of rotatable bonds is 5. The van der Waals surface area contributed by atoms with Crippen LogP contribution in [-0.2, 0) is 33.4 Å². The first-order valence-electron chi connectivity index (χ1n) is 6.90. The fraction of sp³-hybridized carbons (Fsp3) is 1.00. The van der Waals surface area contributed by atoms with Crippen LogP contribution in [0.15, 0.2) is 0 Å². The van der Waals surface area contributed by atoms with Crippen LogP contribution in [0, 0.1) is 0 Å². The second-order valence-corrected chi connectivity index (χ2v) is 7.63. The maximum absolute atomic E-state index is 11.0. The van der Waals surface area contributed by atoms with Gasteiger partial charge in [0.05, 0.1) is 12.7 Å². The number of fused-ring (bicyclic) bond motifs is 1. The highest BCUT2D eigenvalue weighted by molar-refractivity contribution is 7.84. The molecule has 0 aliphatic carbocycles. The smallest absolute Gasteiger partial charge is 0.333 e. The van der Waals surface area contributed by atoms with Gasteiger partial charge >= 0.3 is 10.3 Å². The Bertz CT molecular complexity index is 514. The molecule has 0 spiro atoms. The van der Waals surface area contributed by atoms with E-state index in [4.69, 9.17) is 24.1 Å². The van der Waals surface area contributed by atoms with E-state index in [0.29, 0.717) is 6.42 Å². The molecule has 1 unspecified atom stereocenters. The Hall–Kier alpha value is -0.330. The maximum atomic E-state index is 11.0. The quantitative estimate of drug-likeness (QED) is 0.646. The van der Waals surface area contributed by atoms with Crippen molar-refractivity contribution < 1.29 is 36.7 Å². The third kappa shape index (κ3) is 4.59. The topological polar surface area (TPSA) is 127 Å². The predicted molar refractivity (Wildman–Crippen MR) is 73.6 cm³/mol. The van der Waals surface area contributed by atoms with Gasteiger partial charge in [0, 0.05) is 6.42 Å². The van der Waals surface area contributed by atoms with E-state index < -0.39 is 46.5 Å². The van der Waals surface area contributed by atoms with Gasteiger partial charge in [-0.2, -0.15) is 8.42 Å². The van der Waals surface area contributed by atoms with Gasteiger partial charge in [-0.1, -0.05) is 0 Å². The van der Waals surface area contributed by atoms with Gasteiger partial charge in [0.15, 0.2) is 11.6 Å². The van der Waals surface area contributed by atoms with E-state index in [0.717, 1.165) is 0 Å². The maximum Gasteiger partial charge on any atom is 0.333 e. The summed E-state index contributed by atoms with van der Waals surface area (Å²) < 4.78 is 49.2. The molecule has 0 amide bonds. The van der Waals surface area contributed by atoms with Crippen LogP contribution in [0.5, 0.6) is 0 Å². The minimum absolute atomic E-state index is 0.0912. The van der Waals surface area contributed by atoms with E-state index in [1.54, 1.807) is 13.8 Å². The standard InChI is InChI=1S/C12H23NO8S/c1-10(2,14)19-8-5-9-12(17-6-8,7-18-22(13,15)16)21-11(3,4)20-9/h8-9,14H,5-7H2,1-4H3,(H2,13,15,16)/t8-,9?,12-/m0/s1. The minimum atomic E-state index is -4.13. The highest BCUT2D eigenvalue weighted by Crippen LogP contribution is 2.43. The highest BCUT2D eigenvalue weighted by Gasteiger charge is 2.58. The van der Waals surface area contributed by atoms with Crippen molar-refractivity contribution in [2.24, 2.45) is 5.14 Å². The van der Waals surface area contributed by atoms with Crippen molar-refractivity contribution in [3.05, 3.63) is 0 Å². The number of hydrogen-bond donors (Lipinski definition) is 2. The Morgan fingerprint density at radius 2 is 2.05 bits per heavy atom. The van der Waals surface area contributed by atoms with Crippen LogP contribution in [0.2, 0.25) is 0 Å². The van der Waals surface area contributed by atoms with Gasteiger partial charge in [-0.25, -0.2) is 5.14 Å². The molecule has 22 heavy (non-hydrogen) atoms. The van der Waals surface area contributed by atoms with E-state index >= 15 is 0 Å². The van der Waals surface area contributed by atoms with Crippen LogP contribution >= 0.6 is 0 Å². The molecule has 9 nitrogen and oxygen atoms in total. The summed E-state index contributed by atoms with van der Waals surface area (Å²) in [4.78, 5) is 0. The Morgan fingerprint density at radius 3 is 2.59 bits per heavy atom. The molecule has 3 atom stereocenters. The average Bonchev–Trinajstić information content (AvgIpc) is 2.54. The van der Waals surface area contributed by atoms with Crippen LogP contribution in [0.25, 0.3) is 0 Å². The van der Waals surface area contributed by atoms with Gasteiger partial charge in [0.1, 0.15) is 12.7 Å². The summed E-state index contributed by atoms with van der Waals surface area (Å²) in [6.07, 6.45) is -0.697. The van der Waals surface area contributed by atoms with Crippen molar-refractivity contribution in [1.82, 2.24) is 0 Å².